The van der Waals surface area contributed by atoms with Crippen LogP contribution in [0.2, 0.25) is 0 Å². The van der Waals surface area contributed by atoms with Gasteiger partial charge in [0.05, 0.1) is 6.61 Å². The van der Waals surface area contributed by atoms with Gasteiger partial charge in [-0.3, -0.25) is 14.4 Å². The minimum atomic E-state index is -4.79. The molecule has 0 spiro atoms. The number of anilines is 4. The number of hydrogen-bond donors (Lipinski definition) is 1. The maximum Gasteiger partial charge on any atom is 0.437 e. The number of nitrogens with zero attached hydrogens (tertiary/aromatic N) is 8. The highest BCUT2D eigenvalue weighted by Gasteiger charge is 2.43. The third-order valence-corrected chi connectivity index (χ3v) is 13.1. The summed E-state index contributed by atoms with van der Waals surface area (Å²) >= 11 is 0. The van der Waals surface area contributed by atoms with Crippen LogP contribution in [0.5, 0.6) is 0 Å². The predicted octanol–water partition coefficient (Wildman–Crippen LogP) is 9.23. The Labute approximate surface area is 404 Å². The Kier molecular flexibility index (Phi) is 18.7. The molecule has 15 nitrogen and oxygen atoms in total. The van der Waals surface area contributed by atoms with Crippen molar-refractivity contribution in [3.05, 3.63) is 78.1 Å². The van der Waals surface area contributed by atoms with Crippen molar-refractivity contribution in [2.75, 3.05) is 85.2 Å². The Morgan fingerprint density at radius 3 is 1.40 bits per heavy atom. The molecule has 384 valence electrons. The molecule has 0 aromatic carbocycles. The molecule has 0 unspecified atom stereocenters. The summed E-state index contributed by atoms with van der Waals surface area (Å²) in [5.41, 5.74) is -1.53. The van der Waals surface area contributed by atoms with E-state index in [4.69, 9.17) is 18.7 Å². The van der Waals surface area contributed by atoms with Crippen LogP contribution in [0.3, 0.4) is 0 Å². The number of alkyl halides is 6. The standard InChI is InChI=1S/C25H31F3N4O4.C23H29F3N4O3.CH3/c1-2-35-21(34)15-17-8-12-31(13-9-17)20-7-6-18(16-29-20)14-19(33)22-23(25(26,27)28)30-24(36-22)32-10-4-3-5-11-32;24-23(25,26)21-20(33-22(28-21)30-9-2-1-3-10-30)18(32)14-17-4-5-19(27-15-17)29-11-6-16(7-12-29)8-13-31;/h6-7,16-17H,2-5,8-15H2,1H3;4-5,15-16,31H,1-3,6-14H2;1H3/q;;-1. The first kappa shape index (κ1) is 53.6. The van der Waals surface area contributed by atoms with Gasteiger partial charge in [-0.15, -0.1) is 0 Å². The number of aliphatic hydroxyl groups is 1. The molecule has 21 heteroatoms. The smallest absolute Gasteiger partial charge is 0.437 e. The van der Waals surface area contributed by atoms with E-state index >= 15 is 0 Å². The number of piperidine rings is 4. The fourth-order valence-electron chi connectivity index (χ4n) is 9.22. The monoisotopic (exact) mass is 989 g/mol. The van der Waals surface area contributed by atoms with E-state index in [1.54, 1.807) is 41.0 Å². The molecule has 4 fully saturated rings. The molecule has 8 heterocycles. The summed E-state index contributed by atoms with van der Waals surface area (Å²) in [5.74, 6) is -0.926. The normalized spacial score (nSPS) is 17.4. The quantitative estimate of drug-likeness (QED) is 0.0517. The molecule has 0 aliphatic carbocycles. The second-order valence-corrected chi connectivity index (χ2v) is 18.1. The minimum absolute atomic E-state index is 0. The van der Waals surface area contributed by atoms with Gasteiger partial charge in [-0.1, -0.05) is 12.1 Å². The van der Waals surface area contributed by atoms with Gasteiger partial charge < -0.3 is 45.7 Å². The van der Waals surface area contributed by atoms with E-state index in [9.17, 15) is 40.7 Å². The van der Waals surface area contributed by atoms with Crippen molar-refractivity contribution < 1.29 is 59.4 Å². The summed E-state index contributed by atoms with van der Waals surface area (Å²) in [6, 6.07) is 6.68. The summed E-state index contributed by atoms with van der Waals surface area (Å²) in [5, 5.41) is 9.09. The van der Waals surface area contributed by atoms with Gasteiger partial charge in [-0.2, -0.15) is 36.3 Å². The van der Waals surface area contributed by atoms with E-state index in [1.165, 1.54) is 12.4 Å². The molecule has 4 saturated heterocycles. The van der Waals surface area contributed by atoms with Crippen LogP contribution in [-0.2, 0) is 34.7 Å². The lowest BCUT2D eigenvalue weighted by atomic mass is 9.93. The van der Waals surface area contributed by atoms with E-state index in [0.29, 0.717) is 56.3 Å². The summed E-state index contributed by atoms with van der Waals surface area (Å²) in [6.07, 6.45) is 3.22. The number of hydrogen-bond acceptors (Lipinski definition) is 15. The third-order valence-electron chi connectivity index (χ3n) is 13.1. The summed E-state index contributed by atoms with van der Waals surface area (Å²) in [4.78, 5) is 60.9. The zero-order valence-corrected chi connectivity index (χ0v) is 39.8. The predicted molar refractivity (Wildman–Crippen MR) is 249 cm³/mol. The van der Waals surface area contributed by atoms with Crippen molar-refractivity contribution in [1.29, 1.82) is 0 Å². The second-order valence-electron chi connectivity index (χ2n) is 18.1. The van der Waals surface area contributed by atoms with Crippen molar-refractivity contribution in [2.24, 2.45) is 11.8 Å². The summed E-state index contributed by atoms with van der Waals surface area (Å²) < 4.78 is 97.1. The van der Waals surface area contributed by atoms with Crippen LogP contribution >= 0.6 is 0 Å². The lowest BCUT2D eigenvalue weighted by Gasteiger charge is -2.32. The average molecular weight is 990 g/mol. The zero-order chi connectivity index (χ0) is 49.1. The summed E-state index contributed by atoms with van der Waals surface area (Å²) in [7, 11) is 0. The Hall–Kier alpha value is -5.73. The van der Waals surface area contributed by atoms with Crippen molar-refractivity contribution in [3.63, 3.8) is 0 Å². The number of esters is 1. The third kappa shape index (κ3) is 14.2. The number of oxazole rings is 2. The topological polar surface area (TPSA) is 171 Å². The molecular weight excluding hydrogens is 927 g/mol. The Bertz CT molecular complexity index is 2290. The fraction of sp³-hybridized carbons (Fsp3) is 0.592. The van der Waals surface area contributed by atoms with Gasteiger partial charge in [0.25, 0.3) is 12.0 Å². The van der Waals surface area contributed by atoms with Gasteiger partial charge in [0.1, 0.15) is 11.6 Å². The van der Waals surface area contributed by atoms with Crippen molar-refractivity contribution >= 4 is 41.2 Å². The van der Waals surface area contributed by atoms with Crippen LogP contribution in [0.1, 0.15) is 128 Å². The van der Waals surface area contributed by atoms with E-state index in [-0.39, 0.29) is 50.8 Å². The number of halogens is 6. The number of rotatable bonds is 15. The number of aliphatic hydroxyl groups excluding tert-OH is 1. The molecule has 0 amide bonds. The number of pyridine rings is 2. The number of Topliss-reactive ketones (excluding diaryl/α,β-unsaturated/α-hetero) is 2. The van der Waals surface area contributed by atoms with Crippen molar-refractivity contribution in [3.8, 4) is 0 Å². The SMILES string of the molecule is CCOC(=O)CC1CCN(c2ccc(CC(=O)c3oc(N4CCCCC4)nc3C(F)(F)F)cn2)CC1.O=C(Cc1ccc(N2CCC(CCO)CC2)nc1)c1oc(N2CCCCC2)nc1C(F)(F)F.[CH3-]. The van der Waals surface area contributed by atoms with E-state index in [1.807, 2.05) is 0 Å². The first-order chi connectivity index (χ1) is 33.1. The average Bonchev–Trinajstić information content (AvgIpc) is 4.02. The molecule has 0 bridgehead atoms. The molecule has 4 aromatic rings. The zero-order valence-electron chi connectivity index (χ0n) is 39.8. The second kappa shape index (κ2) is 24.4. The van der Waals surface area contributed by atoms with Gasteiger partial charge in [0.2, 0.25) is 23.1 Å². The van der Waals surface area contributed by atoms with Gasteiger partial charge in [0.15, 0.2) is 11.4 Å². The number of ketones is 2. The lowest BCUT2D eigenvalue weighted by Crippen LogP contribution is -2.35. The molecule has 0 radical (unpaired) electrons. The van der Waals surface area contributed by atoms with Crippen LogP contribution in [0, 0.1) is 19.3 Å². The Balaban J connectivity index is 0.000000227. The highest BCUT2D eigenvalue weighted by atomic mass is 19.4. The van der Waals surface area contributed by atoms with Crippen LogP contribution in [0.4, 0.5) is 50.0 Å². The largest absolute Gasteiger partial charge is 0.466 e. The molecule has 0 atom stereocenters. The molecule has 4 aliphatic heterocycles. The lowest BCUT2D eigenvalue weighted by molar-refractivity contribution is -0.144. The van der Waals surface area contributed by atoms with E-state index in [2.05, 4.69) is 29.7 Å². The minimum Gasteiger partial charge on any atom is -0.466 e. The first-order valence-electron chi connectivity index (χ1n) is 24.0. The van der Waals surface area contributed by atoms with Crippen LogP contribution in [0.15, 0.2) is 45.5 Å². The van der Waals surface area contributed by atoms with Crippen LogP contribution in [-0.4, -0.2) is 108 Å². The van der Waals surface area contributed by atoms with Gasteiger partial charge >= 0.3 is 18.3 Å². The maximum absolute atomic E-state index is 13.6. The Morgan fingerprint density at radius 2 is 1.04 bits per heavy atom. The van der Waals surface area contributed by atoms with Gasteiger partial charge in [-0.25, -0.2) is 9.97 Å². The fourth-order valence-corrected chi connectivity index (χ4v) is 9.22. The van der Waals surface area contributed by atoms with Crippen molar-refractivity contribution in [1.82, 2.24) is 19.9 Å². The molecule has 0 saturated carbocycles. The highest BCUT2D eigenvalue weighted by Crippen LogP contribution is 2.37. The molecule has 8 rings (SSSR count). The van der Waals surface area contributed by atoms with Crippen LogP contribution in [0.25, 0.3) is 0 Å². The molecule has 1 N–H and O–H groups in total. The molecule has 4 aliphatic rings. The van der Waals surface area contributed by atoms with E-state index in [0.717, 1.165) is 108 Å². The molecule has 4 aromatic heterocycles. The van der Waals surface area contributed by atoms with Crippen LogP contribution < -0.4 is 19.6 Å². The number of aromatic nitrogens is 4. The first-order valence-corrected chi connectivity index (χ1v) is 24.0. The number of carbonyl (C=O) groups is 3. The molecule has 70 heavy (non-hydrogen) atoms. The van der Waals surface area contributed by atoms with Gasteiger partial charge in [-0.05, 0) is 113 Å². The molecular formula is C49H63F6N8O7-. The number of carbonyl (C=O) groups excluding carboxylic acids is 3. The Morgan fingerprint density at radius 1 is 0.629 bits per heavy atom. The highest BCUT2D eigenvalue weighted by molar-refractivity contribution is 5.97. The van der Waals surface area contributed by atoms with E-state index < -0.39 is 46.8 Å². The summed E-state index contributed by atoms with van der Waals surface area (Å²) in [6.45, 7) is 7.75. The number of ether oxygens (including phenoxy) is 1. The maximum atomic E-state index is 13.6. The van der Waals surface area contributed by atoms with Gasteiger partial charge in [0, 0.05) is 90.6 Å². The van der Waals surface area contributed by atoms with Crippen molar-refractivity contribution in [2.45, 2.75) is 109 Å².